The molecule has 1 saturated heterocycles. The average molecular weight is 492 g/mol. The van der Waals surface area contributed by atoms with Crippen LogP contribution in [0.25, 0.3) is 0 Å². The van der Waals surface area contributed by atoms with Crippen molar-refractivity contribution in [3.8, 4) is 0 Å². The number of anilines is 1. The maximum atomic E-state index is 12.8. The molecule has 0 unspecified atom stereocenters. The summed E-state index contributed by atoms with van der Waals surface area (Å²) in [6, 6.07) is 9.35. The largest absolute Gasteiger partial charge is 0.450 e. The molecule has 1 aromatic carbocycles. The Morgan fingerprint density at radius 1 is 1.09 bits per heavy atom. The van der Waals surface area contributed by atoms with Gasteiger partial charge in [0.1, 0.15) is 11.0 Å². The molecule has 178 valence electrons. The Labute approximate surface area is 204 Å². The number of hydrogen-bond donors (Lipinski definition) is 0. The molecule has 0 saturated carbocycles. The molecule has 1 fully saturated rings. The van der Waals surface area contributed by atoms with Gasteiger partial charge in [0.2, 0.25) is 0 Å². The molecule has 2 heterocycles. The quantitative estimate of drug-likeness (QED) is 0.311. The zero-order chi connectivity index (χ0) is 23.8. The SMILES string of the molecule is CCCN(C)c1cc(Cl)nc(SCc2ccc(C(=O)N3CCN(C(=O)OCC)CC3)cc2)n1. The van der Waals surface area contributed by atoms with Crippen molar-refractivity contribution in [2.45, 2.75) is 31.2 Å². The van der Waals surface area contributed by atoms with Crippen molar-refractivity contribution in [3.63, 3.8) is 0 Å². The highest BCUT2D eigenvalue weighted by atomic mass is 35.5. The van der Waals surface area contributed by atoms with Crippen LogP contribution in [0.4, 0.5) is 10.6 Å². The van der Waals surface area contributed by atoms with E-state index in [4.69, 9.17) is 16.3 Å². The molecule has 0 aliphatic carbocycles. The molecule has 0 bridgehead atoms. The number of rotatable bonds is 8. The van der Waals surface area contributed by atoms with Crippen LogP contribution < -0.4 is 4.90 Å². The van der Waals surface area contributed by atoms with Crippen molar-refractivity contribution < 1.29 is 14.3 Å². The molecule has 2 aromatic rings. The molecule has 2 amide bonds. The lowest BCUT2D eigenvalue weighted by Gasteiger charge is -2.34. The summed E-state index contributed by atoms with van der Waals surface area (Å²) < 4.78 is 5.03. The first-order valence-electron chi connectivity index (χ1n) is 11.1. The molecule has 0 atom stereocenters. The van der Waals surface area contributed by atoms with Crippen molar-refractivity contribution in [3.05, 3.63) is 46.6 Å². The molecule has 8 nitrogen and oxygen atoms in total. The van der Waals surface area contributed by atoms with Gasteiger partial charge in [-0.1, -0.05) is 42.4 Å². The molecular formula is C23H30ClN5O3S. The molecule has 0 radical (unpaired) electrons. The van der Waals surface area contributed by atoms with Gasteiger partial charge in [-0.05, 0) is 31.0 Å². The summed E-state index contributed by atoms with van der Waals surface area (Å²) in [7, 11) is 1.99. The number of halogens is 1. The fourth-order valence-corrected chi connectivity index (χ4v) is 4.51. The second-order valence-electron chi connectivity index (χ2n) is 7.72. The van der Waals surface area contributed by atoms with Gasteiger partial charge >= 0.3 is 6.09 Å². The first-order valence-corrected chi connectivity index (χ1v) is 12.5. The third-order valence-corrected chi connectivity index (χ3v) is 6.38. The Morgan fingerprint density at radius 2 is 1.76 bits per heavy atom. The number of piperazine rings is 1. The first-order chi connectivity index (χ1) is 15.9. The lowest BCUT2D eigenvalue weighted by atomic mass is 10.1. The normalized spacial score (nSPS) is 13.7. The van der Waals surface area contributed by atoms with E-state index < -0.39 is 0 Å². The van der Waals surface area contributed by atoms with Crippen LogP contribution in [-0.4, -0.2) is 78.1 Å². The summed E-state index contributed by atoms with van der Waals surface area (Å²) in [5.74, 6) is 1.45. The monoisotopic (exact) mass is 491 g/mol. The van der Waals surface area contributed by atoms with Crippen molar-refractivity contribution in [2.24, 2.45) is 0 Å². The van der Waals surface area contributed by atoms with E-state index in [2.05, 4.69) is 21.8 Å². The van der Waals surface area contributed by atoms with E-state index in [1.807, 2.05) is 31.3 Å². The minimum Gasteiger partial charge on any atom is -0.450 e. The van der Waals surface area contributed by atoms with Gasteiger partial charge in [0.05, 0.1) is 6.61 Å². The minimum atomic E-state index is -0.320. The van der Waals surface area contributed by atoms with Gasteiger partial charge in [0.15, 0.2) is 5.16 Å². The number of thioether (sulfide) groups is 1. The molecule has 1 aliphatic heterocycles. The van der Waals surface area contributed by atoms with Crippen LogP contribution in [0.3, 0.4) is 0 Å². The Balaban J connectivity index is 1.54. The van der Waals surface area contributed by atoms with Crippen molar-refractivity contribution >= 4 is 41.2 Å². The van der Waals surface area contributed by atoms with Crippen LogP contribution in [-0.2, 0) is 10.5 Å². The van der Waals surface area contributed by atoms with Gasteiger partial charge in [0, 0.05) is 57.2 Å². The van der Waals surface area contributed by atoms with Gasteiger partial charge in [-0.2, -0.15) is 0 Å². The van der Waals surface area contributed by atoms with Crippen LogP contribution in [0.15, 0.2) is 35.5 Å². The Bertz CT molecular complexity index is 952. The van der Waals surface area contributed by atoms with Gasteiger partial charge in [0.25, 0.3) is 5.91 Å². The van der Waals surface area contributed by atoms with E-state index in [0.29, 0.717) is 54.4 Å². The summed E-state index contributed by atoms with van der Waals surface area (Å²) in [5, 5.41) is 1.05. The zero-order valence-electron chi connectivity index (χ0n) is 19.3. The fourth-order valence-electron chi connectivity index (χ4n) is 3.48. The first kappa shape index (κ1) is 25.1. The van der Waals surface area contributed by atoms with Gasteiger partial charge < -0.3 is 19.4 Å². The number of benzene rings is 1. The second kappa shape index (κ2) is 12.1. The number of amides is 2. The smallest absolute Gasteiger partial charge is 0.409 e. The van der Waals surface area contributed by atoms with Crippen molar-refractivity contribution in [1.82, 2.24) is 19.8 Å². The maximum Gasteiger partial charge on any atom is 0.409 e. The molecule has 0 N–H and O–H groups in total. The molecule has 3 rings (SSSR count). The van der Waals surface area contributed by atoms with E-state index >= 15 is 0 Å². The summed E-state index contributed by atoms with van der Waals surface area (Å²) in [5.41, 5.74) is 1.70. The second-order valence-corrected chi connectivity index (χ2v) is 9.05. The average Bonchev–Trinajstić information content (AvgIpc) is 2.83. The van der Waals surface area contributed by atoms with Crippen LogP contribution in [0, 0.1) is 0 Å². The topological polar surface area (TPSA) is 78.9 Å². The number of hydrogen-bond acceptors (Lipinski definition) is 7. The predicted molar refractivity (Wildman–Crippen MR) is 131 cm³/mol. The van der Waals surface area contributed by atoms with E-state index in [1.54, 1.807) is 22.8 Å². The molecular weight excluding hydrogens is 462 g/mol. The van der Waals surface area contributed by atoms with Crippen molar-refractivity contribution in [1.29, 1.82) is 0 Å². The third-order valence-electron chi connectivity index (χ3n) is 5.27. The highest BCUT2D eigenvalue weighted by Crippen LogP contribution is 2.24. The number of carbonyl (C=O) groups is 2. The van der Waals surface area contributed by atoms with Crippen LogP contribution in [0.5, 0.6) is 0 Å². The van der Waals surface area contributed by atoms with Gasteiger partial charge in [-0.15, -0.1) is 0 Å². The van der Waals surface area contributed by atoms with Crippen molar-refractivity contribution in [2.75, 3.05) is 51.3 Å². The minimum absolute atomic E-state index is 0.0283. The zero-order valence-corrected chi connectivity index (χ0v) is 20.9. The van der Waals surface area contributed by atoms with Gasteiger partial charge in [-0.25, -0.2) is 14.8 Å². The van der Waals surface area contributed by atoms with Gasteiger partial charge in [-0.3, -0.25) is 4.79 Å². The number of carbonyl (C=O) groups excluding carboxylic acids is 2. The Morgan fingerprint density at radius 3 is 2.39 bits per heavy atom. The Kier molecular flexibility index (Phi) is 9.20. The molecule has 1 aliphatic rings. The fraction of sp³-hybridized carbons (Fsp3) is 0.478. The highest BCUT2D eigenvalue weighted by molar-refractivity contribution is 7.98. The standard InChI is InChI=1S/C23H30ClN5O3S/c1-4-10-27(3)20-15-19(24)25-22(26-20)33-16-17-6-8-18(9-7-17)21(30)28-11-13-29(14-12-28)23(31)32-5-2/h6-9,15H,4-5,10-14,16H2,1-3H3. The Hall–Kier alpha value is -2.52. The lowest BCUT2D eigenvalue weighted by Crippen LogP contribution is -2.50. The van der Waals surface area contributed by atoms with E-state index in [1.165, 1.54) is 11.8 Å². The summed E-state index contributed by atoms with van der Waals surface area (Å²) in [6.45, 7) is 7.10. The molecule has 10 heteroatoms. The molecule has 1 aromatic heterocycles. The summed E-state index contributed by atoms with van der Waals surface area (Å²) in [4.78, 5) is 39.0. The highest BCUT2D eigenvalue weighted by Gasteiger charge is 2.25. The van der Waals surface area contributed by atoms with E-state index in [0.717, 1.165) is 24.3 Å². The number of nitrogens with zero attached hydrogens (tertiary/aromatic N) is 5. The molecule has 33 heavy (non-hydrogen) atoms. The maximum absolute atomic E-state index is 12.8. The number of ether oxygens (including phenoxy) is 1. The van der Waals surface area contributed by atoms with Crippen LogP contribution in [0.2, 0.25) is 5.15 Å². The summed E-state index contributed by atoms with van der Waals surface area (Å²) >= 11 is 7.69. The van der Waals surface area contributed by atoms with Crippen LogP contribution >= 0.6 is 23.4 Å². The summed E-state index contributed by atoms with van der Waals surface area (Å²) in [6.07, 6.45) is 0.700. The predicted octanol–water partition coefficient (Wildman–Crippen LogP) is 4.18. The molecule has 0 spiro atoms. The number of aromatic nitrogens is 2. The van der Waals surface area contributed by atoms with E-state index in [-0.39, 0.29) is 12.0 Å². The lowest BCUT2D eigenvalue weighted by molar-refractivity contribution is 0.0570. The third kappa shape index (κ3) is 6.98. The van der Waals surface area contributed by atoms with Crippen LogP contribution in [0.1, 0.15) is 36.2 Å². The van der Waals surface area contributed by atoms with E-state index in [9.17, 15) is 9.59 Å².